The number of hydrogen-bond donors (Lipinski definition) is 1. The molecule has 1 saturated heterocycles. The largest absolute Gasteiger partial charge is 0.480 e. The summed E-state index contributed by atoms with van der Waals surface area (Å²) in [5.74, 6) is -2.60. The lowest BCUT2D eigenvalue weighted by Crippen LogP contribution is -2.55. The van der Waals surface area contributed by atoms with E-state index in [1.165, 1.54) is 0 Å². The Balaban J connectivity index is 2.55. The van der Waals surface area contributed by atoms with Gasteiger partial charge in [0.25, 0.3) is 0 Å². The maximum atomic E-state index is 11.7. The Bertz CT molecular complexity index is 440. The molecule has 1 aliphatic heterocycles. The van der Waals surface area contributed by atoms with E-state index in [0.717, 1.165) is 9.80 Å². The Morgan fingerprint density at radius 1 is 1.15 bits per heavy atom. The van der Waals surface area contributed by atoms with E-state index in [1.54, 1.807) is 20.8 Å². The van der Waals surface area contributed by atoms with Crippen molar-refractivity contribution in [1.82, 2.24) is 9.80 Å². The number of rotatable bonds is 4. The predicted molar refractivity (Wildman–Crippen MR) is 66.3 cm³/mol. The van der Waals surface area contributed by atoms with Gasteiger partial charge < -0.3 is 14.7 Å². The van der Waals surface area contributed by atoms with Gasteiger partial charge in [0.1, 0.15) is 19.6 Å². The standard InChI is InChI=1S/C12H18N2O6/c1-12(2,3)11(19)20-7-14-5-8(15)13(4-9(14)16)6-10(17)18/h4-7H2,1-3H3,(H,17,18). The molecule has 0 unspecified atom stereocenters. The van der Waals surface area contributed by atoms with E-state index in [-0.39, 0.29) is 19.8 Å². The Morgan fingerprint density at radius 3 is 2.15 bits per heavy atom. The lowest BCUT2D eigenvalue weighted by atomic mass is 9.98. The predicted octanol–water partition coefficient (Wildman–Crippen LogP) is -0.711. The van der Waals surface area contributed by atoms with Gasteiger partial charge in [-0.15, -0.1) is 0 Å². The van der Waals surface area contributed by atoms with Crippen LogP contribution in [0.3, 0.4) is 0 Å². The van der Waals surface area contributed by atoms with Gasteiger partial charge in [-0.1, -0.05) is 0 Å². The summed E-state index contributed by atoms with van der Waals surface area (Å²) in [6, 6.07) is 0. The Hall–Kier alpha value is -2.12. The number of nitrogens with zero attached hydrogens (tertiary/aromatic N) is 2. The fourth-order valence-corrected chi connectivity index (χ4v) is 1.48. The summed E-state index contributed by atoms with van der Waals surface area (Å²) in [6.45, 7) is 3.59. The second-order valence-corrected chi connectivity index (χ2v) is 5.55. The normalized spacial score (nSPS) is 16.4. The highest BCUT2D eigenvalue weighted by atomic mass is 16.5. The van der Waals surface area contributed by atoms with Crippen molar-refractivity contribution in [1.29, 1.82) is 0 Å². The van der Waals surface area contributed by atoms with Crippen LogP contribution in [0.2, 0.25) is 0 Å². The van der Waals surface area contributed by atoms with Crippen molar-refractivity contribution in [2.75, 3.05) is 26.4 Å². The lowest BCUT2D eigenvalue weighted by molar-refractivity contribution is -0.167. The van der Waals surface area contributed by atoms with E-state index in [9.17, 15) is 19.2 Å². The van der Waals surface area contributed by atoms with Crippen molar-refractivity contribution in [3.63, 3.8) is 0 Å². The molecule has 0 spiro atoms. The molecule has 0 aliphatic carbocycles. The summed E-state index contributed by atoms with van der Waals surface area (Å²) in [5, 5.41) is 8.61. The third-order valence-electron chi connectivity index (χ3n) is 2.65. The zero-order chi connectivity index (χ0) is 15.5. The first-order valence-corrected chi connectivity index (χ1v) is 6.06. The summed E-state index contributed by atoms with van der Waals surface area (Å²) >= 11 is 0. The minimum absolute atomic E-state index is 0.288. The van der Waals surface area contributed by atoms with E-state index in [2.05, 4.69) is 0 Å². The maximum Gasteiger partial charge on any atom is 0.323 e. The molecule has 1 fully saturated rings. The van der Waals surface area contributed by atoms with Gasteiger partial charge in [0.15, 0.2) is 6.73 Å². The fraction of sp³-hybridized carbons (Fsp3) is 0.667. The van der Waals surface area contributed by atoms with Crippen molar-refractivity contribution in [3.05, 3.63) is 0 Å². The number of carbonyl (C=O) groups excluding carboxylic acids is 3. The molecule has 0 saturated carbocycles. The van der Waals surface area contributed by atoms with Crippen molar-refractivity contribution in [2.24, 2.45) is 5.41 Å². The smallest absolute Gasteiger partial charge is 0.323 e. The number of carbonyl (C=O) groups is 4. The highest BCUT2D eigenvalue weighted by Gasteiger charge is 2.32. The molecule has 0 aromatic carbocycles. The van der Waals surface area contributed by atoms with Gasteiger partial charge in [-0.3, -0.25) is 24.1 Å². The van der Waals surface area contributed by atoms with Gasteiger partial charge in [0.05, 0.1) is 5.41 Å². The zero-order valence-electron chi connectivity index (χ0n) is 11.7. The number of aliphatic carboxylic acids is 1. The minimum Gasteiger partial charge on any atom is -0.480 e. The Kier molecular flexibility index (Phi) is 4.69. The molecule has 8 nitrogen and oxygen atoms in total. The molecule has 0 aromatic heterocycles. The molecular weight excluding hydrogens is 268 g/mol. The summed E-state index contributed by atoms with van der Waals surface area (Å²) < 4.78 is 4.96. The molecule has 1 N–H and O–H groups in total. The van der Waals surface area contributed by atoms with Crippen LogP contribution in [0.1, 0.15) is 20.8 Å². The first-order valence-electron chi connectivity index (χ1n) is 6.06. The lowest BCUT2D eigenvalue weighted by Gasteiger charge is -2.33. The van der Waals surface area contributed by atoms with Crippen molar-refractivity contribution in [3.8, 4) is 0 Å². The Labute approximate surface area is 116 Å². The summed E-state index contributed by atoms with van der Waals surface area (Å²) in [6.07, 6.45) is 0. The van der Waals surface area contributed by atoms with Crippen LogP contribution in [0.25, 0.3) is 0 Å². The average molecular weight is 286 g/mol. The molecule has 1 heterocycles. The fourth-order valence-electron chi connectivity index (χ4n) is 1.48. The van der Waals surface area contributed by atoms with Crippen LogP contribution in [-0.2, 0) is 23.9 Å². The molecule has 0 radical (unpaired) electrons. The van der Waals surface area contributed by atoms with Crippen LogP contribution in [0, 0.1) is 5.41 Å². The van der Waals surface area contributed by atoms with E-state index in [0.29, 0.717) is 0 Å². The molecule has 0 aromatic rings. The van der Waals surface area contributed by atoms with E-state index in [1.807, 2.05) is 0 Å². The number of carboxylic acid groups (broad SMARTS) is 1. The number of esters is 1. The average Bonchev–Trinajstić information content (AvgIpc) is 2.29. The molecule has 2 amide bonds. The summed E-state index contributed by atoms with van der Waals surface area (Å²) in [5.41, 5.74) is -0.696. The zero-order valence-corrected chi connectivity index (χ0v) is 11.7. The van der Waals surface area contributed by atoms with Gasteiger partial charge in [-0.2, -0.15) is 0 Å². The van der Waals surface area contributed by atoms with Gasteiger partial charge in [-0.25, -0.2) is 0 Å². The second kappa shape index (κ2) is 5.89. The van der Waals surface area contributed by atoms with Crippen LogP contribution < -0.4 is 0 Å². The minimum atomic E-state index is -1.18. The van der Waals surface area contributed by atoms with E-state index >= 15 is 0 Å². The number of hydrogen-bond acceptors (Lipinski definition) is 5. The summed E-state index contributed by atoms with van der Waals surface area (Å²) in [4.78, 5) is 47.5. The van der Waals surface area contributed by atoms with Gasteiger partial charge in [0.2, 0.25) is 11.8 Å². The monoisotopic (exact) mass is 286 g/mol. The number of piperazine rings is 1. The first kappa shape index (κ1) is 15.9. The van der Waals surface area contributed by atoms with Gasteiger partial charge >= 0.3 is 11.9 Å². The maximum absolute atomic E-state index is 11.7. The molecular formula is C12H18N2O6. The number of amides is 2. The van der Waals surface area contributed by atoms with Crippen LogP contribution in [-0.4, -0.2) is 65.0 Å². The molecule has 1 aliphatic rings. The molecule has 0 atom stereocenters. The van der Waals surface area contributed by atoms with Gasteiger partial charge in [-0.05, 0) is 20.8 Å². The van der Waals surface area contributed by atoms with Crippen LogP contribution in [0.15, 0.2) is 0 Å². The van der Waals surface area contributed by atoms with E-state index in [4.69, 9.17) is 9.84 Å². The number of ether oxygens (including phenoxy) is 1. The SMILES string of the molecule is CC(C)(C)C(=O)OCN1CC(=O)N(CC(=O)O)CC1=O. The first-order chi connectivity index (χ1) is 9.11. The topological polar surface area (TPSA) is 104 Å². The second-order valence-electron chi connectivity index (χ2n) is 5.55. The highest BCUT2D eigenvalue weighted by molar-refractivity contribution is 5.94. The van der Waals surface area contributed by atoms with E-state index < -0.39 is 35.7 Å². The Morgan fingerprint density at radius 2 is 1.65 bits per heavy atom. The highest BCUT2D eigenvalue weighted by Crippen LogP contribution is 2.15. The summed E-state index contributed by atoms with van der Waals surface area (Å²) in [7, 11) is 0. The third kappa shape index (κ3) is 4.22. The third-order valence-corrected chi connectivity index (χ3v) is 2.65. The van der Waals surface area contributed by atoms with Crippen LogP contribution >= 0.6 is 0 Å². The van der Waals surface area contributed by atoms with Crippen LogP contribution in [0.4, 0.5) is 0 Å². The molecule has 0 bridgehead atoms. The van der Waals surface area contributed by atoms with Crippen LogP contribution in [0.5, 0.6) is 0 Å². The van der Waals surface area contributed by atoms with Crippen molar-refractivity contribution >= 4 is 23.8 Å². The molecule has 20 heavy (non-hydrogen) atoms. The molecule has 1 rings (SSSR count). The van der Waals surface area contributed by atoms with Gasteiger partial charge in [0, 0.05) is 0 Å². The number of carboxylic acids is 1. The van der Waals surface area contributed by atoms with Crippen molar-refractivity contribution < 1.29 is 29.0 Å². The quantitative estimate of drug-likeness (QED) is 0.684. The molecule has 112 valence electrons. The van der Waals surface area contributed by atoms with Crippen molar-refractivity contribution in [2.45, 2.75) is 20.8 Å². The molecule has 8 heteroatoms.